The fraction of sp³-hybridized carbons (Fsp3) is 0.0833. The second-order valence-corrected chi connectivity index (χ2v) is 3.51. The minimum absolute atomic E-state index is 0.483. The zero-order valence-electron chi connectivity index (χ0n) is 9.46. The van der Waals surface area contributed by atoms with Gasteiger partial charge in [0.25, 0.3) is 0 Å². The molecule has 0 saturated carbocycles. The number of rotatable bonds is 2. The van der Waals surface area contributed by atoms with Gasteiger partial charge in [0, 0.05) is 30.4 Å². The molecule has 2 aromatic rings. The summed E-state index contributed by atoms with van der Waals surface area (Å²) in [4.78, 5) is 12.4. The molecule has 0 bridgehead atoms. The van der Waals surface area contributed by atoms with E-state index in [1.807, 2.05) is 12.1 Å². The van der Waals surface area contributed by atoms with Crippen LogP contribution in [0.5, 0.6) is 0 Å². The molecular weight excluding hydrogens is 214 g/mol. The average Bonchev–Trinajstić information content (AvgIpc) is 2.35. The molecule has 0 aliphatic carbocycles. The number of allylic oxidation sites excluding steroid dienone is 1. The number of nitrogen functional groups attached to an aromatic ring is 1. The number of hydrogen-bond acceptors (Lipinski definition) is 5. The van der Waals surface area contributed by atoms with Gasteiger partial charge in [-0.2, -0.15) is 0 Å². The Balaban J connectivity index is 2.55. The molecular formula is C12H13N5. The highest BCUT2D eigenvalue weighted by Gasteiger charge is 2.03. The van der Waals surface area contributed by atoms with Gasteiger partial charge >= 0.3 is 0 Å². The molecule has 0 radical (unpaired) electrons. The van der Waals surface area contributed by atoms with Crippen molar-refractivity contribution >= 4 is 28.5 Å². The predicted octanol–water partition coefficient (Wildman–Crippen LogP) is 1.21. The number of pyridine rings is 2. The summed E-state index contributed by atoms with van der Waals surface area (Å²) in [5.74, 6) is 0.483. The van der Waals surface area contributed by atoms with Crippen molar-refractivity contribution in [1.29, 1.82) is 0 Å². The Kier molecular flexibility index (Phi) is 3.00. The van der Waals surface area contributed by atoms with Crippen LogP contribution in [-0.2, 0) is 0 Å². The Hall–Kier alpha value is -2.43. The van der Waals surface area contributed by atoms with Crippen molar-refractivity contribution in [3.8, 4) is 0 Å². The van der Waals surface area contributed by atoms with Crippen LogP contribution in [0, 0.1) is 0 Å². The molecule has 0 fully saturated rings. The molecule has 0 atom stereocenters. The lowest BCUT2D eigenvalue weighted by Gasteiger charge is -2.03. The summed E-state index contributed by atoms with van der Waals surface area (Å²) in [5, 5.41) is 0.966. The molecule has 0 spiro atoms. The summed E-state index contributed by atoms with van der Waals surface area (Å²) in [6.45, 7) is 0. The zero-order chi connectivity index (χ0) is 12.3. The fourth-order valence-electron chi connectivity index (χ4n) is 1.53. The molecule has 0 aliphatic rings. The van der Waals surface area contributed by atoms with Gasteiger partial charge in [-0.3, -0.25) is 9.98 Å². The van der Waals surface area contributed by atoms with Crippen molar-refractivity contribution in [3.05, 3.63) is 36.3 Å². The normalized spacial score (nSPS) is 12.4. The zero-order valence-corrected chi connectivity index (χ0v) is 9.46. The lowest BCUT2D eigenvalue weighted by Crippen LogP contribution is -1.96. The minimum atomic E-state index is 0.483. The standard InChI is InChI=1S/C12H13N5/c1-15-6-9(5-13)10-4-8-2-3-12(14)17-11(8)7-16-10/h2-7H,13H2,1H3,(H2,14,17). The van der Waals surface area contributed by atoms with E-state index >= 15 is 0 Å². The fourth-order valence-corrected chi connectivity index (χ4v) is 1.53. The molecule has 5 nitrogen and oxygen atoms in total. The molecule has 0 aliphatic heterocycles. The molecule has 0 aromatic carbocycles. The van der Waals surface area contributed by atoms with Crippen LogP contribution >= 0.6 is 0 Å². The van der Waals surface area contributed by atoms with E-state index in [0.717, 1.165) is 22.2 Å². The van der Waals surface area contributed by atoms with Crippen molar-refractivity contribution in [1.82, 2.24) is 9.97 Å². The van der Waals surface area contributed by atoms with Crippen molar-refractivity contribution < 1.29 is 0 Å². The van der Waals surface area contributed by atoms with Gasteiger partial charge in [-0.05, 0) is 18.2 Å². The van der Waals surface area contributed by atoms with Crippen molar-refractivity contribution in [2.24, 2.45) is 10.7 Å². The first-order valence-electron chi connectivity index (χ1n) is 5.11. The van der Waals surface area contributed by atoms with E-state index < -0.39 is 0 Å². The molecule has 2 heterocycles. The third kappa shape index (κ3) is 2.23. The van der Waals surface area contributed by atoms with Crippen molar-refractivity contribution in [2.75, 3.05) is 12.8 Å². The molecule has 2 aromatic heterocycles. The highest BCUT2D eigenvalue weighted by atomic mass is 14.8. The number of aliphatic imine (C=N–C) groups is 1. The molecule has 2 rings (SSSR count). The Morgan fingerprint density at radius 3 is 2.94 bits per heavy atom. The van der Waals surface area contributed by atoms with E-state index in [2.05, 4.69) is 15.0 Å². The largest absolute Gasteiger partial charge is 0.404 e. The number of fused-ring (bicyclic) bond motifs is 1. The Morgan fingerprint density at radius 2 is 2.24 bits per heavy atom. The van der Waals surface area contributed by atoms with Gasteiger partial charge in [-0.15, -0.1) is 0 Å². The van der Waals surface area contributed by atoms with Crippen LogP contribution in [0.25, 0.3) is 16.5 Å². The monoisotopic (exact) mass is 227 g/mol. The maximum atomic E-state index is 5.60. The molecule has 0 saturated heterocycles. The summed E-state index contributed by atoms with van der Waals surface area (Å²) >= 11 is 0. The number of aromatic nitrogens is 2. The van der Waals surface area contributed by atoms with Crippen LogP contribution in [0.15, 0.2) is 35.6 Å². The quantitative estimate of drug-likeness (QED) is 0.754. The van der Waals surface area contributed by atoms with E-state index in [9.17, 15) is 0 Å². The molecule has 86 valence electrons. The Labute approximate surface area is 98.9 Å². The summed E-state index contributed by atoms with van der Waals surface area (Å²) in [5.41, 5.74) is 13.4. The van der Waals surface area contributed by atoms with Crippen LogP contribution in [0.1, 0.15) is 5.69 Å². The SMILES string of the molecule is CN=CC(=CN)c1cc2ccc(N)nc2cn1. The molecule has 17 heavy (non-hydrogen) atoms. The van der Waals surface area contributed by atoms with E-state index in [0.29, 0.717) is 5.82 Å². The average molecular weight is 227 g/mol. The number of nitrogens with zero attached hydrogens (tertiary/aromatic N) is 3. The van der Waals surface area contributed by atoms with E-state index in [1.165, 1.54) is 6.20 Å². The summed E-state index contributed by atoms with van der Waals surface area (Å²) < 4.78 is 0. The first kappa shape index (κ1) is 11.1. The van der Waals surface area contributed by atoms with Gasteiger partial charge in [0.15, 0.2) is 0 Å². The first-order valence-corrected chi connectivity index (χ1v) is 5.11. The second-order valence-electron chi connectivity index (χ2n) is 3.51. The Bertz CT molecular complexity index is 601. The van der Waals surface area contributed by atoms with Crippen LogP contribution < -0.4 is 11.5 Å². The third-order valence-corrected chi connectivity index (χ3v) is 2.34. The highest BCUT2D eigenvalue weighted by molar-refractivity contribution is 6.09. The lowest BCUT2D eigenvalue weighted by molar-refractivity contribution is 1.28. The van der Waals surface area contributed by atoms with E-state index in [1.54, 1.807) is 25.5 Å². The third-order valence-electron chi connectivity index (χ3n) is 2.34. The number of anilines is 1. The van der Waals surface area contributed by atoms with E-state index in [4.69, 9.17) is 11.5 Å². The first-order chi connectivity index (χ1) is 8.24. The van der Waals surface area contributed by atoms with Crippen LogP contribution in [0.3, 0.4) is 0 Å². The molecule has 0 unspecified atom stereocenters. The van der Waals surface area contributed by atoms with Gasteiger partial charge < -0.3 is 11.5 Å². The predicted molar refractivity (Wildman–Crippen MR) is 70.5 cm³/mol. The Morgan fingerprint density at radius 1 is 1.41 bits per heavy atom. The maximum Gasteiger partial charge on any atom is 0.124 e. The van der Waals surface area contributed by atoms with Crippen LogP contribution in [-0.4, -0.2) is 23.2 Å². The summed E-state index contributed by atoms with van der Waals surface area (Å²) in [7, 11) is 1.69. The van der Waals surface area contributed by atoms with Gasteiger partial charge in [-0.25, -0.2) is 4.98 Å². The van der Waals surface area contributed by atoms with Crippen LogP contribution in [0.2, 0.25) is 0 Å². The molecule has 5 heteroatoms. The minimum Gasteiger partial charge on any atom is -0.404 e. The van der Waals surface area contributed by atoms with E-state index in [-0.39, 0.29) is 0 Å². The van der Waals surface area contributed by atoms with Crippen LogP contribution in [0.4, 0.5) is 5.82 Å². The number of hydrogen-bond donors (Lipinski definition) is 2. The van der Waals surface area contributed by atoms with Crippen molar-refractivity contribution in [2.45, 2.75) is 0 Å². The topological polar surface area (TPSA) is 90.2 Å². The number of nitrogens with two attached hydrogens (primary N) is 2. The van der Waals surface area contributed by atoms with Gasteiger partial charge in [0.1, 0.15) is 5.82 Å². The highest BCUT2D eigenvalue weighted by Crippen LogP contribution is 2.17. The summed E-state index contributed by atoms with van der Waals surface area (Å²) in [6, 6.07) is 5.56. The van der Waals surface area contributed by atoms with Gasteiger partial charge in [0.2, 0.25) is 0 Å². The molecule has 0 amide bonds. The lowest BCUT2D eigenvalue weighted by atomic mass is 10.1. The van der Waals surface area contributed by atoms with Gasteiger partial charge in [0.05, 0.1) is 17.4 Å². The smallest absolute Gasteiger partial charge is 0.124 e. The second kappa shape index (κ2) is 4.61. The summed E-state index contributed by atoms with van der Waals surface area (Å²) in [6.07, 6.45) is 4.82. The maximum absolute atomic E-state index is 5.60. The van der Waals surface area contributed by atoms with Crippen molar-refractivity contribution in [3.63, 3.8) is 0 Å². The molecule has 4 N–H and O–H groups in total. The van der Waals surface area contributed by atoms with Gasteiger partial charge in [-0.1, -0.05) is 0 Å².